The molecule has 0 aliphatic rings. The van der Waals surface area contributed by atoms with Crippen LogP contribution in [0.15, 0.2) is 29.2 Å². The third kappa shape index (κ3) is 8.30. The Hall–Kier alpha value is -4.88. The van der Waals surface area contributed by atoms with E-state index in [2.05, 4.69) is 20.3 Å². The molecule has 4 aromatic rings. The Kier molecular flexibility index (Phi) is 10.6. The van der Waals surface area contributed by atoms with Gasteiger partial charge >= 0.3 is 24.3 Å². The highest BCUT2D eigenvalue weighted by atomic mass is 19.4. The van der Waals surface area contributed by atoms with E-state index < -0.39 is 24.3 Å². The fraction of sp³-hybridized carbons (Fsp3) is 0.333. The van der Waals surface area contributed by atoms with Crippen molar-refractivity contribution in [2.45, 2.75) is 32.2 Å². The summed E-state index contributed by atoms with van der Waals surface area (Å²) < 4.78 is 76.1. The number of halogens is 6. The van der Waals surface area contributed by atoms with Crippen LogP contribution in [-0.4, -0.2) is 77.5 Å². The Labute approximate surface area is 224 Å². The second-order valence-electron chi connectivity index (χ2n) is 7.53. The molecule has 0 unspecified atom stereocenters. The quantitative estimate of drug-likeness (QED) is 0.153. The second-order valence-corrected chi connectivity index (χ2v) is 7.53. The van der Waals surface area contributed by atoms with Gasteiger partial charge in [0.15, 0.2) is 23.1 Å². The van der Waals surface area contributed by atoms with Gasteiger partial charge in [0.25, 0.3) is 0 Å². The van der Waals surface area contributed by atoms with Crippen LogP contribution in [0.3, 0.4) is 0 Å². The molecular formula is C21H22F6N8O6. The number of aryl methyl sites for hydroxylation is 1. The molecule has 7 N–H and O–H groups in total. The molecule has 0 bridgehead atoms. The molecule has 4 rings (SSSR count). The SMILES string of the molecule is CCn1c(-c2nonc2N)nc2c(-c3ccc[nH]3)ncc(OCCCN)c21.O=C(O)C(F)(F)F.O=C(O)C(F)(F)F. The number of aromatic nitrogens is 6. The summed E-state index contributed by atoms with van der Waals surface area (Å²) in [7, 11) is 0. The molecule has 224 valence electrons. The molecule has 20 heteroatoms. The predicted molar refractivity (Wildman–Crippen MR) is 127 cm³/mol. The summed E-state index contributed by atoms with van der Waals surface area (Å²) in [5, 5.41) is 21.8. The summed E-state index contributed by atoms with van der Waals surface area (Å²) in [5.74, 6) is -4.15. The summed E-state index contributed by atoms with van der Waals surface area (Å²) in [6.07, 6.45) is -5.88. The lowest BCUT2D eigenvalue weighted by Gasteiger charge is -2.11. The third-order valence-electron chi connectivity index (χ3n) is 4.72. The first kappa shape index (κ1) is 32.3. The molecule has 0 saturated carbocycles. The fourth-order valence-electron chi connectivity index (χ4n) is 3.00. The van der Waals surface area contributed by atoms with E-state index in [4.69, 9.17) is 45.6 Å². The van der Waals surface area contributed by atoms with Crippen LogP contribution in [0.5, 0.6) is 5.75 Å². The van der Waals surface area contributed by atoms with Crippen LogP contribution in [0.4, 0.5) is 32.2 Å². The van der Waals surface area contributed by atoms with Gasteiger partial charge in [-0.15, -0.1) is 0 Å². The van der Waals surface area contributed by atoms with Gasteiger partial charge in [0.05, 0.1) is 18.5 Å². The lowest BCUT2D eigenvalue weighted by molar-refractivity contribution is -0.193. The second kappa shape index (κ2) is 13.5. The number of imidazole rings is 1. The van der Waals surface area contributed by atoms with Crippen LogP contribution in [-0.2, 0) is 16.1 Å². The molecule has 14 nitrogen and oxygen atoms in total. The highest BCUT2D eigenvalue weighted by Crippen LogP contribution is 2.36. The lowest BCUT2D eigenvalue weighted by atomic mass is 10.2. The largest absolute Gasteiger partial charge is 0.490 e. The number of nitrogens with one attached hydrogen (secondary N) is 1. The molecule has 0 amide bonds. The number of hydrogen-bond acceptors (Lipinski definition) is 10. The number of rotatable bonds is 7. The molecule has 0 spiro atoms. The maximum atomic E-state index is 10.6. The van der Waals surface area contributed by atoms with Gasteiger partial charge in [0, 0.05) is 12.7 Å². The standard InChI is InChI=1S/C17H20N8O2.2C2HF3O2/c1-2-25-15-11(26-8-4-6-18)9-21-12(10-5-3-7-20-10)13(15)22-17(25)14-16(19)24-27-23-14;2*3-2(4,5)1(6)7/h3,5,7,9,20H,2,4,6,8,18H2,1H3,(H2,19,24);2*(H,6,7). The van der Waals surface area contributed by atoms with E-state index in [9.17, 15) is 26.3 Å². The van der Waals surface area contributed by atoms with Crippen LogP contribution in [0.2, 0.25) is 0 Å². The highest BCUT2D eigenvalue weighted by Gasteiger charge is 2.38. The van der Waals surface area contributed by atoms with Crippen LogP contribution in [0.1, 0.15) is 13.3 Å². The third-order valence-corrected chi connectivity index (χ3v) is 4.72. The zero-order valence-electron chi connectivity index (χ0n) is 20.8. The topological polar surface area (TPSA) is 221 Å². The van der Waals surface area contributed by atoms with E-state index in [0.29, 0.717) is 48.2 Å². The molecule has 0 aromatic carbocycles. The van der Waals surface area contributed by atoms with Crippen molar-refractivity contribution in [3.8, 4) is 28.7 Å². The predicted octanol–water partition coefficient (Wildman–Crippen LogP) is 3.07. The van der Waals surface area contributed by atoms with Crippen LogP contribution < -0.4 is 16.2 Å². The maximum Gasteiger partial charge on any atom is 0.490 e. The number of ether oxygens (including phenoxy) is 1. The van der Waals surface area contributed by atoms with Gasteiger partial charge in [-0.1, -0.05) is 0 Å². The van der Waals surface area contributed by atoms with E-state index >= 15 is 0 Å². The van der Waals surface area contributed by atoms with Crippen molar-refractivity contribution in [1.29, 1.82) is 0 Å². The molecule has 0 radical (unpaired) electrons. The summed E-state index contributed by atoms with van der Waals surface area (Å²) in [6.45, 7) is 3.68. The van der Waals surface area contributed by atoms with Gasteiger partial charge in [-0.2, -0.15) is 26.3 Å². The summed E-state index contributed by atoms with van der Waals surface area (Å²) in [5.41, 5.74) is 14.9. The number of nitrogens with two attached hydrogens (primary N) is 2. The van der Waals surface area contributed by atoms with Gasteiger partial charge < -0.3 is 36.0 Å². The highest BCUT2D eigenvalue weighted by molar-refractivity contribution is 5.95. The number of carboxylic acid groups (broad SMARTS) is 2. The summed E-state index contributed by atoms with van der Waals surface area (Å²) >= 11 is 0. The number of anilines is 1. The number of carboxylic acids is 2. The number of fused-ring (bicyclic) bond motifs is 1. The van der Waals surface area contributed by atoms with Crippen LogP contribution in [0.25, 0.3) is 33.9 Å². The van der Waals surface area contributed by atoms with E-state index in [1.165, 1.54) is 0 Å². The number of nitrogen functional groups attached to an aromatic ring is 1. The van der Waals surface area contributed by atoms with Gasteiger partial charge in [0.1, 0.15) is 16.7 Å². The van der Waals surface area contributed by atoms with Gasteiger partial charge in [0.2, 0.25) is 0 Å². The number of H-pyrrole nitrogens is 1. The van der Waals surface area contributed by atoms with Crippen molar-refractivity contribution in [2.24, 2.45) is 5.73 Å². The monoisotopic (exact) mass is 596 g/mol. The molecule has 0 fully saturated rings. The van der Waals surface area contributed by atoms with Gasteiger partial charge in [-0.05, 0) is 42.3 Å². The Morgan fingerprint density at radius 3 is 2.15 bits per heavy atom. The number of alkyl halides is 6. The van der Waals surface area contributed by atoms with E-state index in [1.807, 2.05) is 29.8 Å². The van der Waals surface area contributed by atoms with Gasteiger partial charge in [-0.25, -0.2) is 24.2 Å². The molecule has 4 aromatic heterocycles. The van der Waals surface area contributed by atoms with E-state index in [1.54, 1.807) is 6.20 Å². The lowest BCUT2D eigenvalue weighted by Crippen LogP contribution is -2.21. The first-order chi connectivity index (χ1) is 19.1. The van der Waals surface area contributed by atoms with Crippen LogP contribution in [0, 0.1) is 0 Å². The zero-order valence-corrected chi connectivity index (χ0v) is 20.8. The molecule has 0 aliphatic heterocycles. The van der Waals surface area contributed by atoms with E-state index in [-0.39, 0.29) is 5.82 Å². The molecule has 4 heterocycles. The zero-order chi connectivity index (χ0) is 31.0. The molecule has 41 heavy (non-hydrogen) atoms. The smallest absolute Gasteiger partial charge is 0.490 e. The van der Waals surface area contributed by atoms with Crippen molar-refractivity contribution in [3.63, 3.8) is 0 Å². The minimum Gasteiger partial charge on any atom is -0.490 e. The number of carbonyl (C=O) groups is 2. The molecule has 0 atom stereocenters. The van der Waals surface area contributed by atoms with Crippen molar-refractivity contribution in [3.05, 3.63) is 24.5 Å². The summed E-state index contributed by atoms with van der Waals surface area (Å²) in [6, 6.07) is 3.85. The van der Waals surface area contributed by atoms with Crippen molar-refractivity contribution >= 4 is 28.8 Å². The minimum atomic E-state index is -5.08. The Morgan fingerprint density at radius 2 is 1.71 bits per heavy atom. The average molecular weight is 596 g/mol. The first-order valence-corrected chi connectivity index (χ1v) is 11.2. The number of pyridine rings is 1. The molecular weight excluding hydrogens is 574 g/mol. The molecule has 0 aliphatic carbocycles. The first-order valence-electron chi connectivity index (χ1n) is 11.2. The minimum absolute atomic E-state index is 0.181. The van der Waals surface area contributed by atoms with Crippen molar-refractivity contribution in [1.82, 2.24) is 29.8 Å². The number of aromatic amines is 1. The summed E-state index contributed by atoms with van der Waals surface area (Å²) in [4.78, 5) is 30.3. The number of aliphatic carboxylic acids is 2. The Balaban J connectivity index is 0.000000349. The number of hydrogen-bond donors (Lipinski definition) is 5. The number of nitrogens with zero attached hydrogens (tertiary/aromatic N) is 5. The molecule has 0 saturated heterocycles. The average Bonchev–Trinajstić information content (AvgIpc) is 3.63. The van der Waals surface area contributed by atoms with E-state index in [0.717, 1.165) is 17.6 Å². The Bertz CT molecular complexity index is 1430. The van der Waals surface area contributed by atoms with Crippen molar-refractivity contribution < 1.29 is 55.5 Å². The van der Waals surface area contributed by atoms with Crippen LogP contribution >= 0.6 is 0 Å². The maximum absolute atomic E-state index is 10.6. The fourth-order valence-corrected chi connectivity index (χ4v) is 3.00. The van der Waals surface area contributed by atoms with Crippen molar-refractivity contribution in [2.75, 3.05) is 18.9 Å². The van der Waals surface area contributed by atoms with Gasteiger partial charge in [-0.3, -0.25) is 0 Å². The normalized spacial score (nSPS) is 11.3. The Morgan fingerprint density at radius 1 is 1.10 bits per heavy atom.